The van der Waals surface area contributed by atoms with Gasteiger partial charge < -0.3 is 15.4 Å². The summed E-state index contributed by atoms with van der Waals surface area (Å²) in [6.45, 7) is 4.28. The molecule has 1 amide bonds. The fourth-order valence-electron chi connectivity index (χ4n) is 2.57. The van der Waals surface area contributed by atoms with E-state index in [2.05, 4.69) is 22.1 Å². The van der Waals surface area contributed by atoms with Gasteiger partial charge in [-0.05, 0) is 55.2 Å². The van der Waals surface area contributed by atoms with Crippen LogP contribution in [0, 0.1) is 5.41 Å². The number of amides is 1. The molecular weight excluding hydrogens is 260 g/mol. The number of hydrogen-bond donors (Lipinski definition) is 2. The van der Waals surface area contributed by atoms with Crippen LogP contribution in [0.3, 0.4) is 0 Å². The Morgan fingerprint density at radius 2 is 2.32 bits per heavy atom. The first-order valence-electron chi connectivity index (χ1n) is 6.71. The third kappa shape index (κ3) is 3.35. The van der Waals surface area contributed by atoms with Crippen molar-refractivity contribution in [1.29, 1.82) is 0 Å². The molecule has 1 atom stereocenters. The van der Waals surface area contributed by atoms with Crippen molar-refractivity contribution in [1.82, 2.24) is 10.6 Å². The van der Waals surface area contributed by atoms with Gasteiger partial charge in [-0.15, -0.1) is 0 Å². The van der Waals surface area contributed by atoms with E-state index in [1.54, 1.807) is 18.4 Å². The first-order valence-corrected chi connectivity index (χ1v) is 7.65. The molecule has 2 rings (SSSR count). The highest BCUT2D eigenvalue weighted by atomic mass is 32.1. The van der Waals surface area contributed by atoms with Crippen molar-refractivity contribution in [3.8, 4) is 0 Å². The van der Waals surface area contributed by atoms with Crippen molar-refractivity contribution in [3.05, 3.63) is 22.4 Å². The lowest BCUT2D eigenvalue weighted by molar-refractivity contribution is -0.136. The highest BCUT2D eigenvalue weighted by Crippen LogP contribution is 2.30. The Labute approximate surface area is 118 Å². The summed E-state index contributed by atoms with van der Waals surface area (Å²) in [6.07, 6.45) is 1.67. The Kier molecular flexibility index (Phi) is 4.96. The molecule has 0 aromatic carbocycles. The largest absolute Gasteiger partial charge is 0.384 e. The maximum atomic E-state index is 12.6. The molecule has 4 nitrogen and oxygen atoms in total. The van der Waals surface area contributed by atoms with Gasteiger partial charge in [0.2, 0.25) is 5.91 Å². The van der Waals surface area contributed by atoms with Gasteiger partial charge in [-0.1, -0.05) is 0 Å². The van der Waals surface area contributed by atoms with Gasteiger partial charge in [0.25, 0.3) is 0 Å². The van der Waals surface area contributed by atoms with Crippen LogP contribution in [-0.2, 0) is 9.53 Å². The molecule has 1 saturated heterocycles. The van der Waals surface area contributed by atoms with Gasteiger partial charge in [-0.3, -0.25) is 4.79 Å². The minimum Gasteiger partial charge on any atom is -0.384 e. The number of piperidine rings is 1. The molecule has 19 heavy (non-hydrogen) atoms. The Morgan fingerprint density at radius 1 is 1.58 bits per heavy atom. The van der Waals surface area contributed by atoms with Gasteiger partial charge in [0.1, 0.15) is 0 Å². The van der Waals surface area contributed by atoms with Crippen molar-refractivity contribution in [2.75, 3.05) is 26.8 Å². The molecular formula is C14H22N2O2S. The quantitative estimate of drug-likeness (QED) is 0.868. The van der Waals surface area contributed by atoms with E-state index in [1.165, 1.54) is 5.56 Å². The van der Waals surface area contributed by atoms with Crippen LogP contribution in [0.5, 0.6) is 0 Å². The molecule has 0 bridgehead atoms. The fraction of sp³-hybridized carbons (Fsp3) is 0.643. The number of ether oxygens (including phenoxy) is 1. The van der Waals surface area contributed by atoms with Crippen molar-refractivity contribution in [2.45, 2.75) is 25.8 Å². The molecule has 1 unspecified atom stereocenters. The summed E-state index contributed by atoms with van der Waals surface area (Å²) in [5.41, 5.74) is 0.796. The topological polar surface area (TPSA) is 50.4 Å². The second kappa shape index (κ2) is 6.50. The first-order chi connectivity index (χ1) is 9.18. The van der Waals surface area contributed by atoms with Gasteiger partial charge in [0.05, 0.1) is 18.1 Å². The van der Waals surface area contributed by atoms with Gasteiger partial charge in [0, 0.05) is 7.11 Å². The summed E-state index contributed by atoms with van der Waals surface area (Å²) in [7, 11) is 1.67. The molecule has 1 aliphatic rings. The van der Waals surface area contributed by atoms with E-state index in [4.69, 9.17) is 4.74 Å². The first kappa shape index (κ1) is 14.5. The third-order valence-corrected chi connectivity index (χ3v) is 4.56. The van der Waals surface area contributed by atoms with Crippen molar-refractivity contribution < 1.29 is 9.53 Å². The Hall–Kier alpha value is -0.910. The lowest BCUT2D eigenvalue weighted by atomic mass is 9.78. The number of hydrogen-bond acceptors (Lipinski definition) is 4. The molecule has 1 aromatic heterocycles. The van der Waals surface area contributed by atoms with E-state index >= 15 is 0 Å². The minimum atomic E-state index is -0.371. The highest BCUT2D eigenvalue weighted by molar-refractivity contribution is 7.07. The van der Waals surface area contributed by atoms with Crippen molar-refractivity contribution in [3.63, 3.8) is 0 Å². The zero-order valence-corrected chi connectivity index (χ0v) is 12.4. The molecule has 1 aliphatic heterocycles. The fourth-order valence-corrected chi connectivity index (χ4v) is 3.33. The summed E-state index contributed by atoms with van der Waals surface area (Å²) >= 11 is 1.65. The Morgan fingerprint density at radius 3 is 2.89 bits per heavy atom. The van der Waals surface area contributed by atoms with E-state index < -0.39 is 0 Å². The Bertz CT molecular complexity index is 394. The van der Waals surface area contributed by atoms with Gasteiger partial charge >= 0.3 is 0 Å². The minimum absolute atomic E-state index is 0.0577. The average molecular weight is 282 g/mol. The van der Waals surface area contributed by atoms with Crippen LogP contribution in [0.1, 0.15) is 31.4 Å². The summed E-state index contributed by atoms with van der Waals surface area (Å²) in [5.74, 6) is 0.120. The molecule has 5 heteroatoms. The maximum Gasteiger partial charge on any atom is 0.229 e. The van der Waals surface area contributed by atoms with Crippen molar-refractivity contribution in [2.24, 2.45) is 5.41 Å². The van der Waals surface area contributed by atoms with E-state index in [0.29, 0.717) is 6.61 Å². The van der Waals surface area contributed by atoms with E-state index in [0.717, 1.165) is 25.9 Å². The molecule has 2 heterocycles. The van der Waals surface area contributed by atoms with Gasteiger partial charge in [0.15, 0.2) is 0 Å². The zero-order chi connectivity index (χ0) is 13.7. The predicted octanol–water partition coefficient (Wildman–Crippen LogP) is 1.94. The molecule has 0 spiro atoms. The van der Waals surface area contributed by atoms with Crippen LogP contribution in [0.25, 0.3) is 0 Å². The normalized spacial score (nSPS) is 19.9. The summed E-state index contributed by atoms with van der Waals surface area (Å²) in [5, 5.41) is 10.6. The molecule has 106 valence electrons. The molecule has 0 radical (unpaired) electrons. The smallest absolute Gasteiger partial charge is 0.229 e. The van der Waals surface area contributed by atoms with Crippen LogP contribution in [0.4, 0.5) is 0 Å². The highest BCUT2D eigenvalue weighted by Gasteiger charge is 2.40. The predicted molar refractivity (Wildman–Crippen MR) is 77.3 cm³/mol. The standard InChI is InChI=1S/C14H22N2O2S/c1-11(12-3-8-19-9-12)16-13(17)14(10-18-2)4-6-15-7-5-14/h3,8-9,11,15H,4-7,10H2,1-2H3,(H,16,17). The molecule has 2 N–H and O–H groups in total. The van der Waals surface area contributed by atoms with Crippen molar-refractivity contribution >= 4 is 17.2 Å². The van der Waals surface area contributed by atoms with Crippen LogP contribution in [0.15, 0.2) is 16.8 Å². The Balaban J connectivity index is 2.03. The summed E-state index contributed by atoms with van der Waals surface area (Å²) in [4.78, 5) is 12.6. The molecule has 1 fully saturated rings. The maximum absolute atomic E-state index is 12.6. The lowest BCUT2D eigenvalue weighted by Gasteiger charge is -2.36. The van der Waals surface area contributed by atoms with Gasteiger partial charge in [-0.25, -0.2) is 0 Å². The zero-order valence-electron chi connectivity index (χ0n) is 11.6. The second-order valence-electron chi connectivity index (χ2n) is 5.22. The lowest BCUT2D eigenvalue weighted by Crippen LogP contribution is -2.50. The van der Waals surface area contributed by atoms with Gasteiger partial charge in [-0.2, -0.15) is 11.3 Å². The van der Waals surface area contributed by atoms with E-state index in [1.807, 2.05) is 12.3 Å². The SMILES string of the molecule is COCC1(C(=O)NC(C)c2ccsc2)CCNCC1. The number of methoxy groups -OCH3 is 1. The van der Waals surface area contributed by atoms with E-state index in [-0.39, 0.29) is 17.4 Å². The van der Waals surface area contributed by atoms with E-state index in [9.17, 15) is 4.79 Å². The summed E-state index contributed by atoms with van der Waals surface area (Å²) < 4.78 is 5.29. The monoisotopic (exact) mass is 282 g/mol. The summed E-state index contributed by atoms with van der Waals surface area (Å²) in [6, 6.07) is 2.11. The number of carbonyl (C=O) groups is 1. The van der Waals surface area contributed by atoms with Crippen LogP contribution in [0.2, 0.25) is 0 Å². The number of carbonyl (C=O) groups excluding carboxylic acids is 1. The number of rotatable bonds is 5. The van der Waals surface area contributed by atoms with Crippen LogP contribution < -0.4 is 10.6 Å². The molecule has 1 aromatic rings. The second-order valence-corrected chi connectivity index (χ2v) is 6.00. The average Bonchev–Trinajstić information content (AvgIpc) is 2.94. The van der Waals surface area contributed by atoms with Crippen LogP contribution >= 0.6 is 11.3 Å². The van der Waals surface area contributed by atoms with Crippen LogP contribution in [-0.4, -0.2) is 32.7 Å². The number of thiophene rings is 1. The third-order valence-electron chi connectivity index (χ3n) is 3.85. The number of nitrogens with one attached hydrogen (secondary N) is 2. The molecule has 0 saturated carbocycles. The molecule has 0 aliphatic carbocycles.